The molecule has 0 aliphatic carbocycles. The van der Waals surface area contributed by atoms with Gasteiger partial charge in [0, 0.05) is 41.6 Å². The quantitative estimate of drug-likeness (QED) is 0.500. The van der Waals surface area contributed by atoms with E-state index in [2.05, 4.69) is 16.4 Å². The number of thioether (sulfide) groups is 1. The van der Waals surface area contributed by atoms with Crippen molar-refractivity contribution < 1.29 is 14.3 Å². The summed E-state index contributed by atoms with van der Waals surface area (Å²) < 4.78 is 10.4. The molecule has 3 rings (SSSR count). The van der Waals surface area contributed by atoms with Gasteiger partial charge in [-0.15, -0.1) is 11.8 Å². The zero-order valence-corrected chi connectivity index (χ0v) is 18.5. The number of nitrogens with one attached hydrogen (secondary N) is 1. The molecular formula is C24H23N3O3S. The first-order valence-corrected chi connectivity index (χ1v) is 10.6. The predicted octanol–water partition coefficient (Wildman–Crippen LogP) is 5.07. The number of hydrogen-bond donors (Lipinski definition) is 1. The van der Waals surface area contributed by atoms with E-state index in [1.807, 2.05) is 37.3 Å². The van der Waals surface area contributed by atoms with Crippen LogP contribution in [-0.2, 0) is 4.79 Å². The fourth-order valence-electron chi connectivity index (χ4n) is 2.86. The van der Waals surface area contributed by atoms with Gasteiger partial charge in [-0.25, -0.2) is 4.98 Å². The average molecular weight is 434 g/mol. The Morgan fingerprint density at radius 2 is 1.74 bits per heavy atom. The Bertz CT molecular complexity index is 1090. The standard InChI is InChI=1S/C24H23N3O3S/c1-16-4-6-17(7-5-16)22-9-8-18(15-25)24(27-22)31-11-10-23(28)26-19-12-20(29-2)14-21(13-19)30-3/h4-9,12-14H,10-11H2,1-3H3,(H,26,28). The number of benzene rings is 2. The first kappa shape index (κ1) is 22.2. The predicted molar refractivity (Wildman–Crippen MR) is 123 cm³/mol. The molecule has 2 aromatic carbocycles. The van der Waals surface area contributed by atoms with Gasteiger partial charge in [0.05, 0.1) is 25.5 Å². The van der Waals surface area contributed by atoms with Crippen molar-refractivity contribution in [1.29, 1.82) is 5.26 Å². The van der Waals surface area contributed by atoms with Gasteiger partial charge < -0.3 is 14.8 Å². The molecule has 1 N–H and O–H groups in total. The van der Waals surface area contributed by atoms with Crippen LogP contribution in [0.3, 0.4) is 0 Å². The van der Waals surface area contributed by atoms with E-state index in [9.17, 15) is 10.1 Å². The van der Waals surface area contributed by atoms with Crippen LogP contribution in [0, 0.1) is 18.3 Å². The van der Waals surface area contributed by atoms with Crippen LogP contribution in [0.2, 0.25) is 0 Å². The third-order valence-electron chi connectivity index (χ3n) is 4.53. The molecule has 0 fully saturated rings. The van der Waals surface area contributed by atoms with Crippen LogP contribution >= 0.6 is 11.8 Å². The molecule has 1 aromatic heterocycles. The van der Waals surface area contributed by atoms with E-state index in [0.717, 1.165) is 11.3 Å². The first-order valence-electron chi connectivity index (χ1n) is 9.66. The highest BCUT2D eigenvalue weighted by Gasteiger charge is 2.11. The molecule has 1 amide bonds. The van der Waals surface area contributed by atoms with Gasteiger partial charge in [-0.1, -0.05) is 29.8 Å². The number of rotatable bonds is 8. The number of aryl methyl sites for hydroxylation is 1. The Morgan fingerprint density at radius 3 is 2.35 bits per heavy atom. The summed E-state index contributed by atoms with van der Waals surface area (Å²) in [6, 6.07) is 19.1. The summed E-state index contributed by atoms with van der Waals surface area (Å²) >= 11 is 1.39. The molecule has 31 heavy (non-hydrogen) atoms. The van der Waals surface area contributed by atoms with Crippen LogP contribution in [0.25, 0.3) is 11.3 Å². The molecule has 0 spiro atoms. The molecule has 0 aliphatic rings. The molecule has 0 bridgehead atoms. The smallest absolute Gasteiger partial charge is 0.225 e. The van der Waals surface area contributed by atoms with Gasteiger partial charge in [0.1, 0.15) is 22.6 Å². The lowest BCUT2D eigenvalue weighted by Crippen LogP contribution is -2.12. The van der Waals surface area contributed by atoms with E-state index < -0.39 is 0 Å². The number of ether oxygens (including phenoxy) is 2. The molecule has 7 heteroatoms. The number of pyridine rings is 1. The lowest BCUT2D eigenvalue weighted by molar-refractivity contribution is -0.115. The second-order valence-electron chi connectivity index (χ2n) is 6.78. The second-order valence-corrected chi connectivity index (χ2v) is 7.86. The summed E-state index contributed by atoms with van der Waals surface area (Å²) in [5, 5.41) is 12.9. The minimum atomic E-state index is -0.143. The van der Waals surface area contributed by atoms with Crippen molar-refractivity contribution in [2.75, 3.05) is 25.3 Å². The number of carbonyl (C=O) groups excluding carboxylic acids is 1. The maximum absolute atomic E-state index is 12.4. The Morgan fingerprint density at radius 1 is 1.06 bits per heavy atom. The van der Waals surface area contributed by atoms with E-state index >= 15 is 0 Å². The third kappa shape index (κ3) is 6.00. The normalized spacial score (nSPS) is 10.3. The summed E-state index contributed by atoms with van der Waals surface area (Å²) in [4.78, 5) is 17.0. The Balaban J connectivity index is 1.64. The largest absolute Gasteiger partial charge is 0.497 e. The van der Waals surface area contributed by atoms with Crippen molar-refractivity contribution in [2.45, 2.75) is 18.4 Å². The van der Waals surface area contributed by atoms with Gasteiger partial charge in [-0.2, -0.15) is 5.26 Å². The van der Waals surface area contributed by atoms with E-state index in [1.165, 1.54) is 17.3 Å². The maximum Gasteiger partial charge on any atom is 0.225 e. The molecule has 3 aromatic rings. The first-order chi connectivity index (χ1) is 15.0. The van der Waals surface area contributed by atoms with Crippen molar-refractivity contribution in [3.8, 4) is 28.8 Å². The van der Waals surface area contributed by atoms with Gasteiger partial charge in [0.2, 0.25) is 5.91 Å². The van der Waals surface area contributed by atoms with E-state index in [4.69, 9.17) is 9.47 Å². The van der Waals surface area contributed by atoms with Crippen LogP contribution in [0.4, 0.5) is 5.69 Å². The van der Waals surface area contributed by atoms with Crippen LogP contribution in [-0.4, -0.2) is 30.9 Å². The molecule has 0 aliphatic heterocycles. The highest BCUT2D eigenvalue weighted by molar-refractivity contribution is 7.99. The number of carbonyl (C=O) groups is 1. The minimum absolute atomic E-state index is 0.143. The van der Waals surface area contributed by atoms with E-state index in [-0.39, 0.29) is 12.3 Å². The van der Waals surface area contributed by atoms with Crippen LogP contribution < -0.4 is 14.8 Å². The lowest BCUT2D eigenvalue weighted by atomic mass is 10.1. The minimum Gasteiger partial charge on any atom is -0.497 e. The van der Waals surface area contributed by atoms with Crippen molar-refractivity contribution >= 4 is 23.4 Å². The molecule has 158 valence electrons. The lowest BCUT2D eigenvalue weighted by Gasteiger charge is -2.10. The van der Waals surface area contributed by atoms with Crippen molar-refractivity contribution in [2.24, 2.45) is 0 Å². The number of nitrogens with zero attached hydrogens (tertiary/aromatic N) is 2. The van der Waals surface area contributed by atoms with Crippen molar-refractivity contribution in [3.05, 3.63) is 65.7 Å². The molecule has 0 unspecified atom stereocenters. The monoisotopic (exact) mass is 433 g/mol. The summed E-state index contributed by atoms with van der Waals surface area (Å²) in [5.41, 5.74) is 4.06. The van der Waals surface area contributed by atoms with Crippen molar-refractivity contribution in [1.82, 2.24) is 4.98 Å². The van der Waals surface area contributed by atoms with Gasteiger partial charge in [-0.05, 0) is 19.1 Å². The number of hydrogen-bond acceptors (Lipinski definition) is 6. The number of nitriles is 1. The molecule has 0 radical (unpaired) electrons. The molecular weight excluding hydrogens is 410 g/mol. The highest BCUT2D eigenvalue weighted by Crippen LogP contribution is 2.27. The topological polar surface area (TPSA) is 84.2 Å². The average Bonchev–Trinajstić information content (AvgIpc) is 2.79. The summed E-state index contributed by atoms with van der Waals surface area (Å²) in [5.74, 6) is 1.54. The Kier molecular flexibility index (Phi) is 7.52. The molecule has 1 heterocycles. The fraction of sp³-hybridized carbons (Fsp3) is 0.208. The number of amides is 1. The van der Waals surface area contributed by atoms with E-state index in [0.29, 0.717) is 33.5 Å². The molecule has 0 saturated carbocycles. The van der Waals surface area contributed by atoms with Crippen LogP contribution in [0.5, 0.6) is 11.5 Å². The van der Waals surface area contributed by atoms with Crippen LogP contribution in [0.15, 0.2) is 59.6 Å². The van der Waals surface area contributed by atoms with Gasteiger partial charge in [0.25, 0.3) is 0 Å². The zero-order chi connectivity index (χ0) is 22.2. The van der Waals surface area contributed by atoms with Crippen LogP contribution in [0.1, 0.15) is 17.5 Å². The Hall–Kier alpha value is -3.50. The highest BCUT2D eigenvalue weighted by atomic mass is 32.2. The third-order valence-corrected chi connectivity index (χ3v) is 5.52. The summed E-state index contributed by atoms with van der Waals surface area (Å²) in [7, 11) is 3.11. The maximum atomic E-state index is 12.4. The molecule has 0 atom stereocenters. The SMILES string of the molecule is COc1cc(NC(=O)CCSc2nc(-c3ccc(C)cc3)ccc2C#N)cc(OC)c1. The van der Waals surface area contributed by atoms with Gasteiger partial charge in [-0.3, -0.25) is 4.79 Å². The zero-order valence-electron chi connectivity index (χ0n) is 17.6. The number of anilines is 1. The summed E-state index contributed by atoms with van der Waals surface area (Å²) in [6.07, 6.45) is 0.269. The van der Waals surface area contributed by atoms with Crippen molar-refractivity contribution in [3.63, 3.8) is 0 Å². The fourth-order valence-corrected chi connectivity index (χ4v) is 3.78. The molecule has 6 nitrogen and oxygen atoms in total. The van der Waals surface area contributed by atoms with Gasteiger partial charge in [0.15, 0.2) is 0 Å². The summed E-state index contributed by atoms with van der Waals surface area (Å²) in [6.45, 7) is 2.03. The second kappa shape index (κ2) is 10.5. The van der Waals surface area contributed by atoms with Gasteiger partial charge >= 0.3 is 0 Å². The van der Waals surface area contributed by atoms with E-state index in [1.54, 1.807) is 38.5 Å². The Labute approximate surface area is 186 Å². The number of aromatic nitrogens is 1. The molecule has 0 saturated heterocycles. The number of methoxy groups -OCH3 is 2.